The number of hydrogen-bond donors (Lipinski definition) is 1. The monoisotopic (exact) mass is 202 g/mol. The van der Waals surface area contributed by atoms with Crippen molar-refractivity contribution in [2.75, 3.05) is 0 Å². The van der Waals surface area contributed by atoms with Gasteiger partial charge in [0.25, 0.3) is 0 Å². The maximum atomic E-state index is 12.9. The molecule has 0 aromatic heterocycles. The molecule has 0 saturated carbocycles. The van der Waals surface area contributed by atoms with Crippen molar-refractivity contribution in [2.24, 2.45) is 0 Å². The van der Waals surface area contributed by atoms with E-state index in [1.807, 2.05) is 0 Å². The van der Waals surface area contributed by atoms with Crippen molar-refractivity contribution in [1.29, 1.82) is 0 Å². The molecule has 0 aliphatic carbocycles. The summed E-state index contributed by atoms with van der Waals surface area (Å²) in [5.74, 6) is -4.66. The first-order valence-electron chi connectivity index (χ1n) is 3.79. The van der Waals surface area contributed by atoms with Crippen LogP contribution in [0.15, 0.2) is 6.07 Å². The normalized spacial score (nSPS) is 10.0. The lowest BCUT2D eigenvalue weighted by Crippen LogP contribution is -2.03. The van der Waals surface area contributed by atoms with Crippen LogP contribution in [0.4, 0.5) is 8.78 Å². The molecule has 76 valence electrons. The lowest BCUT2D eigenvalue weighted by molar-refractivity contribution is -0.132. The second-order valence-corrected chi connectivity index (χ2v) is 2.76. The molecule has 0 aliphatic rings. The molecule has 0 amide bonds. The molecule has 5 heteroatoms. The second-order valence-electron chi connectivity index (χ2n) is 2.76. The Morgan fingerprint density at radius 1 is 1.43 bits per heavy atom. The van der Waals surface area contributed by atoms with Gasteiger partial charge in [-0.05, 0) is 18.6 Å². The minimum Gasteiger partial charge on any atom is -0.502 e. The van der Waals surface area contributed by atoms with Crippen molar-refractivity contribution in [2.45, 2.75) is 13.8 Å². The summed E-state index contributed by atoms with van der Waals surface area (Å²) in [5, 5.41) is 9.06. The first-order valence-corrected chi connectivity index (χ1v) is 3.79. The van der Waals surface area contributed by atoms with Gasteiger partial charge in [0.15, 0.2) is 17.3 Å². The van der Waals surface area contributed by atoms with Crippen LogP contribution in [0.25, 0.3) is 0 Å². The molecule has 0 aliphatic heterocycles. The Morgan fingerprint density at radius 2 is 2.00 bits per heavy atom. The van der Waals surface area contributed by atoms with Gasteiger partial charge in [-0.25, -0.2) is 4.39 Å². The number of carbonyl (C=O) groups is 1. The van der Waals surface area contributed by atoms with Crippen LogP contribution in [0.2, 0.25) is 0 Å². The third-order valence-electron chi connectivity index (χ3n) is 1.58. The Hall–Kier alpha value is -1.65. The number of benzene rings is 1. The van der Waals surface area contributed by atoms with Crippen LogP contribution in [0.3, 0.4) is 0 Å². The summed E-state index contributed by atoms with van der Waals surface area (Å²) < 4.78 is 30.2. The van der Waals surface area contributed by atoms with E-state index in [1.165, 1.54) is 6.92 Å². The zero-order valence-electron chi connectivity index (χ0n) is 7.60. The predicted octanol–water partition coefficient (Wildman–Crippen LogP) is 1.90. The Labute approximate surface area is 78.9 Å². The zero-order valence-corrected chi connectivity index (χ0v) is 7.60. The van der Waals surface area contributed by atoms with Gasteiger partial charge in [0.1, 0.15) is 0 Å². The highest BCUT2D eigenvalue weighted by Gasteiger charge is 2.17. The van der Waals surface area contributed by atoms with E-state index in [9.17, 15) is 13.6 Å². The first kappa shape index (κ1) is 10.4. The van der Waals surface area contributed by atoms with Crippen molar-refractivity contribution in [3.05, 3.63) is 23.3 Å². The van der Waals surface area contributed by atoms with Gasteiger partial charge in [0.05, 0.1) is 0 Å². The van der Waals surface area contributed by atoms with Crippen LogP contribution >= 0.6 is 0 Å². The summed E-state index contributed by atoms with van der Waals surface area (Å²) >= 11 is 0. The van der Waals surface area contributed by atoms with Gasteiger partial charge in [0, 0.05) is 6.92 Å². The summed E-state index contributed by atoms with van der Waals surface area (Å²) in [6, 6.07) is 1.05. The van der Waals surface area contributed by atoms with E-state index in [1.54, 1.807) is 0 Å². The average Bonchev–Trinajstić information content (AvgIpc) is 2.10. The molecule has 1 rings (SSSR count). The van der Waals surface area contributed by atoms with E-state index >= 15 is 0 Å². The van der Waals surface area contributed by atoms with Crippen LogP contribution in [0.5, 0.6) is 11.5 Å². The smallest absolute Gasteiger partial charge is 0.308 e. The number of phenols is 1. The van der Waals surface area contributed by atoms with Gasteiger partial charge in [0.2, 0.25) is 5.82 Å². The van der Waals surface area contributed by atoms with E-state index in [2.05, 4.69) is 4.74 Å². The topological polar surface area (TPSA) is 46.5 Å². The summed E-state index contributed by atoms with van der Waals surface area (Å²) in [6.07, 6.45) is 0. The fourth-order valence-corrected chi connectivity index (χ4v) is 0.946. The highest BCUT2D eigenvalue weighted by molar-refractivity contribution is 5.70. The minimum atomic E-state index is -1.42. The van der Waals surface area contributed by atoms with Gasteiger partial charge < -0.3 is 9.84 Å². The molecule has 0 radical (unpaired) electrons. The van der Waals surface area contributed by atoms with Crippen LogP contribution in [-0.4, -0.2) is 11.1 Å². The quantitative estimate of drug-likeness (QED) is 0.558. The number of aryl methyl sites for hydroxylation is 1. The Balaban J connectivity index is 3.25. The van der Waals surface area contributed by atoms with Gasteiger partial charge in [-0.1, -0.05) is 0 Å². The molecule has 0 atom stereocenters. The number of carbonyl (C=O) groups excluding carboxylic acids is 1. The third-order valence-corrected chi connectivity index (χ3v) is 1.58. The highest BCUT2D eigenvalue weighted by Crippen LogP contribution is 2.32. The van der Waals surface area contributed by atoms with Crippen LogP contribution in [0, 0.1) is 18.6 Å². The average molecular weight is 202 g/mol. The Bertz CT molecular complexity index is 388. The van der Waals surface area contributed by atoms with Crippen LogP contribution in [-0.2, 0) is 4.79 Å². The lowest BCUT2D eigenvalue weighted by Gasteiger charge is -2.07. The van der Waals surface area contributed by atoms with E-state index < -0.39 is 23.4 Å². The number of phenolic OH excluding ortho intramolecular Hbond substituents is 1. The molecule has 1 aromatic carbocycles. The zero-order chi connectivity index (χ0) is 10.9. The molecule has 1 N–H and O–H groups in total. The Morgan fingerprint density at radius 3 is 2.50 bits per heavy atom. The molecule has 0 saturated heterocycles. The van der Waals surface area contributed by atoms with Gasteiger partial charge in [-0.3, -0.25) is 4.79 Å². The molecule has 14 heavy (non-hydrogen) atoms. The third kappa shape index (κ3) is 1.81. The molecule has 0 fully saturated rings. The summed E-state index contributed by atoms with van der Waals surface area (Å²) in [7, 11) is 0. The standard InChI is InChI=1S/C9H8F2O3/c1-4-3-6(14-5(2)12)9(13)8(11)7(4)10/h3,13H,1-2H3. The molecule has 0 heterocycles. The molecule has 0 bridgehead atoms. The fourth-order valence-electron chi connectivity index (χ4n) is 0.946. The van der Waals surface area contributed by atoms with Crippen LogP contribution in [0.1, 0.15) is 12.5 Å². The van der Waals surface area contributed by atoms with E-state index in [0.29, 0.717) is 0 Å². The predicted molar refractivity (Wildman–Crippen MR) is 44.1 cm³/mol. The number of hydrogen-bond acceptors (Lipinski definition) is 3. The number of aromatic hydroxyl groups is 1. The number of ether oxygens (including phenoxy) is 1. The van der Waals surface area contributed by atoms with Crippen molar-refractivity contribution < 1.29 is 23.4 Å². The second kappa shape index (κ2) is 3.61. The van der Waals surface area contributed by atoms with Crippen molar-refractivity contribution in [3.63, 3.8) is 0 Å². The van der Waals surface area contributed by atoms with E-state index in [-0.39, 0.29) is 11.3 Å². The number of esters is 1. The summed E-state index contributed by atoms with van der Waals surface area (Å²) in [4.78, 5) is 10.5. The largest absolute Gasteiger partial charge is 0.502 e. The van der Waals surface area contributed by atoms with Crippen molar-refractivity contribution in [3.8, 4) is 11.5 Å². The van der Waals surface area contributed by atoms with E-state index in [0.717, 1.165) is 13.0 Å². The fraction of sp³-hybridized carbons (Fsp3) is 0.222. The molecule has 3 nitrogen and oxygen atoms in total. The number of halogens is 2. The first-order chi connectivity index (χ1) is 6.43. The van der Waals surface area contributed by atoms with Gasteiger partial charge in [-0.15, -0.1) is 0 Å². The van der Waals surface area contributed by atoms with E-state index in [4.69, 9.17) is 5.11 Å². The van der Waals surface area contributed by atoms with Crippen molar-refractivity contribution in [1.82, 2.24) is 0 Å². The van der Waals surface area contributed by atoms with Crippen molar-refractivity contribution >= 4 is 5.97 Å². The molecule has 0 spiro atoms. The Kier molecular flexibility index (Phi) is 2.69. The summed E-state index contributed by atoms with van der Waals surface area (Å²) in [6.45, 7) is 2.39. The maximum absolute atomic E-state index is 12.9. The highest BCUT2D eigenvalue weighted by atomic mass is 19.2. The SMILES string of the molecule is CC(=O)Oc1cc(C)c(F)c(F)c1O. The number of rotatable bonds is 1. The molecular formula is C9H8F2O3. The van der Waals surface area contributed by atoms with Crippen LogP contribution < -0.4 is 4.74 Å². The maximum Gasteiger partial charge on any atom is 0.308 e. The molecule has 1 aromatic rings. The van der Waals surface area contributed by atoms with Gasteiger partial charge in [-0.2, -0.15) is 4.39 Å². The molecular weight excluding hydrogens is 194 g/mol. The molecule has 0 unspecified atom stereocenters. The van der Waals surface area contributed by atoms with Gasteiger partial charge >= 0.3 is 5.97 Å². The summed E-state index contributed by atoms with van der Waals surface area (Å²) in [5.41, 5.74) is -0.0449. The minimum absolute atomic E-state index is 0.0449. The lowest BCUT2D eigenvalue weighted by atomic mass is 10.2.